The van der Waals surface area contributed by atoms with Gasteiger partial charge in [-0.15, -0.1) is 0 Å². The number of nitrogens with one attached hydrogen (secondary N) is 2. The molecule has 0 aliphatic rings. The first-order valence-corrected chi connectivity index (χ1v) is 11.1. The minimum Gasteiger partial charge on any atom is -0.496 e. The van der Waals surface area contributed by atoms with Crippen LogP contribution in [0.25, 0.3) is 0 Å². The lowest BCUT2D eigenvalue weighted by atomic mass is 10.1. The van der Waals surface area contributed by atoms with Crippen molar-refractivity contribution in [3.8, 4) is 5.75 Å². The van der Waals surface area contributed by atoms with Crippen LogP contribution in [-0.2, 0) is 10.0 Å². The molecule has 0 radical (unpaired) electrons. The Hall–Kier alpha value is -2.58. The normalized spacial score (nSPS) is 11.3. The van der Waals surface area contributed by atoms with Gasteiger partial charge in [0.1, 0.15) is 5.75 Å². The number of carbonyl (C=O) groups is 1. The van der Waals surface area contributed by atoms with Crippen LogP contribution >= 0.6 is 0 Å². The molecule has 0 heterocycles. The van der Waals surface area contributed by atoms with Gasteiger partial charge in [-0.05, 0) is 44.3 Å². The number of anilines is 1. The number of sulfonamides is 1. The van der Waals surface area contributed by atoms with Crippen molar-refractivity contribution in [1.82, 2.24) is 10.2 Å². The third-order valence-electron chi connectivity index (χ3n) is 4.64. The van der Waals surface area contributed by atoms with Crippen molar-refractivity contribution in [3.05, 3.63) is 53.6 Å². The Morgan fingerprint density at radius 2 is 1.72 bits per heavy atom. The molecule has 7 nitrogen and oxygen atoms in total. The summed E-state index contributed by atoms with van der Waals surface area (Å²) in [7, 11) is -2.28. The molecular formula is C21H29N3O4S. The first kappa shape index (κ1) is 22.7. The Balaban J connectivity index is 2.11. The topological polar surface area (TPSA) is 87.7 Å². The number of aryl methyl sites for hydroxylation is 1. The van der Waals surface area contributed by atoms with Gasteiger partial charge in [-0.2, -0.15) is 0 Å². The summed E-state index contributed by atoms with van der Waals surface area (Å²) in [5.74, 6) is 0.0383. The second kappa shape index (κ2) is 10.3. The predicted molar refractivity (Wildman–Crippen MR) is 115 cm³/mol. The van der Waals surface area contributed by atoms with Gasteiger partial charge in [0.2, 0.25) is 0 Å². The fourth-order valence-corrected chi connectivity index (χ4v) is 3.89. The smallest absolute Gasteiger partial charge is 0.261 e. The molecule has 0 saturated heterocycles. The van der Waals surface area contributed by atoms with Gasteiger partial charge < -0.3 is 15.0 Å². The number of rotatable bonds is 10. The van der Waals surface area contributed by atoms with Crippen LogP contribution in [0.5, 0.6) is 5.75 Å². The Morgan fingerprint density at radius 3 is 2.31 bits per heavy atom. The maximum Gasteiger partial charge on any atom is 0.261 e. The minimum absolute atomic E-state index is 0.167. The highest BCUT2D eigenvalue weighted by molar-refractivity contribution is 7.92. The van der Waals surface area contributed by atoms with Crippen molar-refractivity contribution >= 4 is 21.6 Å². The minimum atomic E-state index is -3.73. The Kier molecular flexibility index (Phi) is 8.04. The predicted octanol–water partition coefficient (Wildman–Crippen LogP) is 2.88. The molecule has 2 N–H and O–H groups in total. The second-order valence-electron chi connectivity index (χ2n) is 6.62. The molecule has 2 aromatic rings. The monoisotopic (exact) mass is 419 g/mol. The zero-order valence-electron chi connectivity index (χ0n) is 17.4. The van der Waals surface area contributed by atoms with Crippen LogP contribution in [0.15, 0.2) is 47.4 Å². The molecule has 2 rings (SSSR count). The van der Waals surface area contributed by atoms with Gasteiger partial charge in [-0.3, -0.25) is 9.52 Å². The third kappa shape index (κ3) is 6.20. The summed E-state index contributed by atoms with van der Waals surface area (Å²) in [6, 6.07) is 11.2. The summed E-state index contributed by atoms with van der Waals surface area (Å²) in [5.41, 5.74) is 1.65. The number of benzene rings is 2. The first-order chi connectivity index (χ1) is 13.8. The van der Waals surface area contributed by atoms with E-state index in [4.69, 9.17) is 4.74 Å². The quantitative estimate of drug-likeness (QED) is 0.618. The van der Waals surface area contributed by atoms with Crippen LogP contribution < -0.4 is 14.8 Å². The van der Waals surface area contributed by atoms with Crippen LogP contribution in [-0.4, -0.2) is 52.5 Å². The summed E-state index contributed by atoms with van der Waals surface area (Å²) in [4.78, 5) is 14.9. The summed E-state index contributed by atoms with van der Waals surface area (Å²) >= 11 is 0. The first-order valence-electron chi connectivity index (χ1n) is 9.58. The molecule has 29 heavy (non-hydrogen) atoms. The van der Waals surface area contributed by atoms with E-state index < -0.39 is 10.0 Å². The summed E-state index contributed by atoms with van der Waals surface area (Å²) in [5, 5.41) is 2.87. The lowest BCUT2D eigenvalue weighted by molar-refractivity contribution is 0.0946. The van der Waals surface area contributed by atoms with Gasteiger partial charge in [0.15, 0.2) is 0 Å². The number of ether oxygens (including phenoxy) is 1. The summed E-state index contributed by atoms with van der Waals surface area (Å²) in [6.45, 7) is 9.16. The SMILES string of the molecule is CCN(CC)CCNC(=O)c1ccc(NS(=O)(=O)c2ccc(C)cc2)cc1OC. The third-order valence-corrected chi connectivity index (χ3v) is 6.03. The molecule has 0 fully saturated rings. The molecule has 0 aliphatic heterocycles. The van der Waals surface area contributed by atoms with Crippen molar-refractivity contribution in [2.24, 2.45) is 0 Å². The molecule has 0 spiro atoms. The number of carbonyl (C=O) groups excluding carboxylic acids is 1. The number of hydrogen-bond donors (Lipinski definition) is 2. The Labute approximate surface area is 173 Å². The van der Waals surface area contributed by atoms with Crippen LogP contribution in [0.2, 0.25) is 0 Å². The highest BCUT2D eigenvalue weighted by atomic mass is 32.2. The van der Waals surface area contributed by atoms with E-state index in [1.165, 1.54) is 13.2 Å². The van der Waals surface area contributed by atoms with E-state index in [2.05, 4.69) is 28.8 Å². The largest absolute Gasteiger partial charge is 0.496 e. The Morgan fingerprint density at radius 1 is 1.07 bits per heavy atom. The lowest BCUT2D eigenvalue weighted by Gasteiger charge is -2.18. The van der Waals surface area contributed by atoms with Crippen LogP contribution in [0.3, 0.4) is 0 Å². The van der Waals surface area contributed by atoms with E-state index in [-0.39, 0.29) is 10.8 Å². The summed E-state index contributed by atoms with van der Waals surface area (Å²) < 4.78 is 32.9. The van der Waals surface area contributed by atoms with Crippen LogP contribution in [0, 0.1) is 6.92 Å². The molecule has 2 aromatic carbocycles. The molecule has 0 saturated carbocycles. The zero-order valence-corrected chi connectivity index (χ0v) is 18.2. The van der Waals surface area contributed by atoms with E-state index >= 15 is 0 Å². The van der Waals surface area contributed by atoms with Gasteiger partial charge in [-0.1, -0.05) is 31.5 Å². The highest BCUT2D eigenvalue weighted by Gasteiger charge is 2.17. The molecule has 8 heteroatoms. The van der Waals surface area contributed by atoms with Crippen molar-refractivity contribution in [1.29, 1.82) is 0 Å². The van der Waals surface area contributed by atoms with E-state index in [1.807, 2.05) is 6.92 Å². The average Bonchev–Trinajstić information content (AvgIpc) is 2.71. The maximum absolute atomic E-state index is 12.6. The van der Waals surface area contributed by atoms with Crippen LogP contribution in [0.1, 0.15) is 29.8 Å². The Bertz CT molecular complexity index is 923. The molecule has 0 aromatic heterocycles. The molecule has 0 atom stereocenters. The molecule has 0 unspecified atom stereocenters. The van der Waals surface area contributed by atoms with Crippen LogP contribution in [0.4, 0.5) is 5.69 Å². The fourth-order valence-electron chi connectivity index (χ4n) is 2.84. The van der Waals surface area contributed by atoms with Crippen molar-refractivity contribution in [2.75, 3.05) is 38.0 Å². The molecular weight excluding hydrogens is 390 g/mol. The number of amides is 1. The highest BCUT2D eigenvalue weighted by Crippen LogP contribution is 2.25. The number of hydrogen-bond acceptors (Lipinski definition) is 5. The maximum atomic E-state index is 12.6. The molecule has 158 valence electrons. The van der Waals surface area contributed by atoms with Gasteiger partial charge >= 0.3 is 0 Å². The van der Waals surface area contributed by atoms with Crippen molar-refractivity contribution in [3.63, 3.8) is 0 Å². The molecule has 0 bridgehead atoms. The summed E-state index contributed by atoms with van der Waals surface area (Å²) in [6.07, 6.45) is 0. The second-order valence-corrected chi connectivity index (χ2v) is 8.30. The van der Waals surface area contributed by atoms with Gasteiger partial charge in [0.25, 0.3) is 15.9 Å². The van der Waals surface area contributed by atoms with Gasteiger partial charge in [-0.25, -0.2) is 8.42 Å². The number of nitrogens with zero attached hydrogens (tertiary/aromatic N) is 1. The van der Waals surface area contributed by atoms with E-state index in [1.54, 1.807) is 36.4 Å². The number of methoxy groups -OCH3 is 1. The van der Waals surface area contributed by atoms with E-state index in [9.17, 15) is 13.2 Å². The van der Waals surface area contributed by atoms with Crippen molar-refractivity contribution < 1.29 is 17.9 Å². The zero-order chi connectivity index (χ0) is 21.4. The molecule has 1 amide bonds. The molecule has 0 aliphatic carbocycles. The fraction of sp³-hybridized carbons (Fsp3) is 0.381. The average molecular weight is 420 g/mol. The van der Waals surface area contributed by atoms with Gasteiger partial charge in [0.05, 0.1) is 23.3 Å². The van der Waals surface area contributed by atoms with Crippen molar-refractivity contribution in [2.45, 2.75) is 25.7 Å². The van der Waals surface area contributed by atoms with Gasteiger partial charge in [0, 0.05) is 19.2 Å². The number of likely N-dealkylation sites (N-methyl/N-ethyl adjacent to an activating group) is 1. The van der Waals surface area contributed by atoms with E-state index in [0.717, 1.165) is 25.2 Å². The standard InChI is InChI=1S/C21H29N3O4S/c1-5-24(6-2)14-13-22-21(25)19-12-9-17(15-20(19)28-4)23-29(26,27)18-10-7-16(3)8-11-18/h7-12,15,23H,5-6,13-14H2,1-4H3,(H,22,25). The van der Waals surface area contributed by atoms with E-state index in [0.29, 0.717) is 23.5 Å². The lowest BCUT2D eigenvalue weighted by Crippen LogP contribution is -2.34.